The fraction of sp³-hybridized carbons (Fsp3) is 0.350. The number of carbonyl (C=O) groups excluding carboxylic acids is 1. The Balaban J connectivity index is 1.77. The van der Waals surface area contributed by atoms with Crippen molar-refractivity contribution in [2.45, 2.75) is 44.4 Å². The molecule has 3 aromatic rings. The molecule has 0 fully saturated rings. The topological polar surface area (TPSA) is 64.0 Å². The standard InChI is InChI=1S/C20H22BrN3O2S2/c1-2-3-4-9-24-19(26)16-11-14(21)7-8-17(16)23-20(24)28-13-18(25)22-12-15-6-5-10-27-15/h5-8,10-11H,2-4,9,12-13H2,1H3,(H,22,25). The third kappa shape index (κ3) is 5.46. The fourth-order valence-corrected chi connectivity index (χ4v) is 4.64. The first-order chi connectivity index (χ1) is 13.6. The van der Waals surface area contributed by atoms with Crippen LogP contribution in [0.15, 0.2) is 50.1 Å². The number of carbonyl (C=O) groups is 1. The van der Waals surface area contributed by atoms with Crippen LogP contribution in [-0.2, 0) is 17.9 Å². The summed E-state index contributed by atoms with van der Waals surface area (Å²) in [7, 11) is 0. The average molecular weight is 480 g/mol. The summed E-state index contributed by atoms with van der Waals surface area (Å²) in [5.74, 6) is 0.164. The number of halogens is 1. The molecule has 148 valence electrons. The van der Waals surface area contributed by atoms with E-state index in [2.05, 4.69) is 33.2 Å². The lowest BCUT2D eigenvalue weighted by molar-refractivity contribution is -0.118. The SMILES string of the molecule is CCCCCn1c(SCC(=O)NCc2cccs2)nc2ccc(Br)cc2c1=O. The summed E-state index contributed by atoms with van der Waals surface area (Å²) in [4.78, 5) is 31.0. The van der Waals surface area contributed by atoms with Crippen LogP contribution in [0.1, 0.15) is 31.1 Å². The third-order valence-electron chi connectivity index (χ3n) is 4.24. The zero-order chi connectivity index (χ0) is 19.9. The molecule has 1 aromatic carbocycles. The van der Waals surface area contributed by atoms with Crippen LogP contribution in [0.3, 0.4) is 0 Å². The molecule has 1 N–H and O–H groups in total. The van der Waals surface area contributed by atoms with Gasteiger partial charge in [-0.25, -0.2) is 4.98 Å². The van der Waals surface area contributed by atoms with Crippen molar-refractivity contribution in [1.29, 1.82) is 0 Å². The number of aromatic nitrogens is 2. The number of hydrogen-bond donors (Lipinski definition) is 1. The van der Waals surface area contributed by atoms with Crippen LogP contribution in [0.2, 0.25) is 0 Å². The van der Waals surface area contributed by atoms with Gasteiger partial charge in [-0.3, -0.25) is 14.2 Å². The Morgan fingerprint density at radius 3 is 2.93 bits per heavy atom. The van der Waals surface area contributed by atoms with E-state index in [9.17, 15) is 9.59 Å². The Hall–Kier alpha value is -1.64. The maximum atomic E-state index is 13.0. The van der Waals surface area contributed by atoms with E-state index >= 15 is 0 Å². The second kappa shape index (κ2) is 10.2. The van der Waals surface area contributed by atoms with Crippen molar-refractivity contribution in [2.75, 3.05) is 5.75 Å². The van der Waals surface area contributed by atoms with E-state index in [0.717, 1.165) is 28.6 Å². The zero-order valence-corrected chi connectivity index (χ0v) is 18.8. The third-order valence-corrected chi connectivity index (χ3v) is 6.58. The van der Waals surface area contributed by atoms with Crippen LogP contribution in [0, 0.1) is 0 Å². The van der Waals surface area contributed by atoms with Gasteiger partial charge in [-0.15, -0.1) is 11.3 Å². The second-order valence-electron chi connectivity index (χ2n) is 6.36. The lowest BCUT2D eigenvalue weighted by atomic mass is 10.2. The molecule has 2 heterocycles. The van der Waals surface area contributed by atoms with E-state index in [1.165, 1.54) is 11.8 Å². The van der Waals surface area contributed by atoms with Crippen molar-refractivity contribution >= 4 is 55.8 Å². The Kier molecular flexibility index (Phi) is 7.70. The minimum atomic E-state index is -0.0661. The molecule has 0 atom stereocenters. The number of hydrogen-bond acceptors (Lipinski definition) is 5. The number of fused-ring (bicyclic) bond motifs is 1. The number of benzene rings is 1. The first-order valence-corrected chi connectivity index (χ1v) is 11.9. The minimum Gasteiger partial charge on any atom is -0.350 e. The summed E-state index contributed by atoms with van der Waals surface area (Å²) >= 11 is 6.35. The van der Waals surface area contributed by atoms with Gasteiger partial charge in [0.1, 0.15) is 0 Å². The van der Waals surface area contributed by atoms with E-state index in [1.54, 1.807) is 15.9 Å². The van der Waals surface area contributed by atoms with E-state index in [4.69, 9.17) is 0 Å². The molecular formula is C20H22BrN3O2S2. The predicted octanol–water partition coefficient (Wildman–Crippen LogP) is 4.82. The van der Waals surface area contributed by atoms with E-state index < -0.39 is 0 Å². The summed E-state index contributed by atoms with van der Waals surface area (Å²) in [6.45, 7) is 3.27. The summed E-state index contributed by atoms with van der Waals surface area (Å²) in [6, 6.07) is 9.47. The summed E-state index contributed by atoms with van der Waals surface area (Å²) in [5, 5.41) is 6.10. The average Bonchev–Trinajstić information content (AvgIpc) is 3.21. The molecule has 0 unspecified atom stereocenters. The van der Waals surface area contributed by atoms with E-state index in [1.807, 2.05) is 35.7 Å². The maximum absolute atomic E-state index is 13.0. The molecule has 0 bridgehead atoms. The van der Waals surface area contributed by atoms with Gasteiger partial charge in [-0.1, -0.05) is 53.5 Å². The molecule has 0 aliphatic heterocycles. The van der Waals surface area contributed by atoms with Gasteiger partial charge >= 0.3 is 0 Å². The highest BCUT2D eigenvalue weighted by atomic mass is 79.9. The molecule has 2 aromatic heterocycles. The highest BCUT2D eigenvalue weighted by Gasteiger charge is 2.13. The predicted molar refractivity (Wildman–Crippen MR) is 120 cm³/mol. The van der Waals surface area contributed by atoms with Gasteiger partial charge in [0, 0.05) is 15.9 Å². The molecule has 8 heteroatoms. The minimum absolute atomic E-state index is 0.0519. The maximum Gasteiger partial charge on any atom is 0.262 e. The van der Waals surface area contributed by atoms with Crippen LogP contribution < -0.4 is 10.9 Å². The van der Waals surface area contributed by atoms with Crippen LogP contribution in [0.4, 0.5) is 0 Å². The monoisotopic (exact) mass is 479 g/mol. The molecule has 1 amide bonds. The van der Waals surface area contributed by atoms with Gasteiger partial charge in [0.25, 0.3) is 5.56 Å². The molecule has 0 aliphatic carbocycles. The van der Waals surface area contributed by atoms with Crippen LogP contribution in [0.25, 0.3) is 10.9 Å². The van der Waals surface area contributed by atoms with Crippen molar-refractivity contribution in [3.8, 4) is 0 Å². The molecule has 3 rings (SSSR count). The Bertz CT molecular complexity index is 1000. The summed E-state index contributed by atoms with van der Waals surface area (Å²) < 4.78 is 2.56. The molecular weight excluding hydrogens is 458 g/mol. The number of nitrogens with zero attached hydrogens (tertiary/aromatic N) is 2. The Morgan fingerprint density at radius 1 is 1.32 bits per heavy atom. The quantitative estimate of drug-likeness (QED) is 0.271. The summed E-state index contributed by atoms with van der Waals surface area (Å²) in [5.41, 5.74) is 0.602. The molecule has 0 aliphatic rings. The normalized spacial score (nSPS) is 11.1. The number of rotatable bonds is 9. The highest BCUT2D eigenvalue weighted by molar-refractivity contribution is 9.10. The van der Waals surface area contributed by atoms with Crippen molar-refractivity contribution in [2.24, 2.45) is 0 Å². The number of thioether (sulfide) groups is 1. The van der Waals surface area contributed by atoms with Crippen molar-refractivity contribution < 1.29 is 4.79 Å². The Labute approximate surface area is 180 Å². The molecule has 0 saturated carbocycles. The fourth-order valence-electron chi connectivity index (χ4n) is 2.78. The van der Waals surface area contributed by atoms with Gasteiger partial charge in [0.2, 0.25) is 5.91 Å². The lowest BCUT2D eigenvalue weighted by Crippen LogP contribution is -2.26. The second-order valence-corrected chi connectivity index (χ2v) is 9.25. The number of amides is 1. The molecule has 0 radical (unpaired) electrons. The zero-order valence-electron chi connectivity index (χ0n) is 15.6. The van der Waals surface area contributed by atoms with Gasteiger partial charge in [0.15, 0.2) is 5.16 Å². The van der Waals surface area contributed by atoms with Gasteiger partial charge < -0.3 is 5.32 Å². The number of nitrogens with one attached hydrogen (secondary N) is 1. The van der Waals surface area contributed by atoms with Gasteiger partial charge in [0.05, 0.1) is 23.2 Å². The van der Waals surface area contributed by atoms with E-state index in [-0.39, 0.29) is 17.2 Å². The molecule has 0 spiro atoms. The lowest BCUT2D eigenvalue weighted by Gasteiger charge is -2.13. The van der Waals surface area contributed by atoms with Crippen molar-refractivity contribution in [3.63, 3.8) is 0 Å². The molecule has 5 nitrogen and oxygen atoms in total. The van der Waals surface area contributed by atoms with Crippen LogP contribution in [-0.4, -0.2) is 21.2 Å². The highest BCUT2D eigenvalue weighted by Crippen LogP contribution is 2.21. The van der Waals surface area contributed by atoms with Crippen molar-refractivity contribution in [1.82, 2.24) is 14.9 Å². The first-order valence-electron chi connectivity index (χ1n) is 9.20. The van der Waals surface area contributed by atoms with Crippen LogP contribution in [0.5, 0.6) is 0 Å². The van der Waals surface area contributed by atoms with Gasteiger partial charge in [-0.2, -0.15) is 0 Å². The largest absolute Gasteiger partial charge is 0.350 e. The Morgan fingerprint density at radius 2 is 2.18 bits per heavy atom. The first kappa shape index (κ1) is 21.1. The molecule has 0 saturated heterocycles. The van der Waals surface area contributed by atoms with E-state index in [0.29, 0.717) is 29.1 Å². The summed E-state index contributed by atoms with van der Waals surface area (Å²) in [6.07, 6.45) is 3.04. The number of unbranched alkanes of at least 4 members (excludes halogenated alkanes) is 2. The molecule has 28 heavy (non-hydrogen) atoms. The smallest absolute Gasteiger partial charge is 0.262 e. The van der Waals surface area contributed by atoms with Crippen LogP contribution >= 0.6 is 39.0 Å². The van der Waals surface area contributed by atoms with Crippen molar-refractivity contribution in [3.05, 3.63) is 55.4 Å². The van der Waals surface area contributed by atoms with Gasteiger partial charge in [-0.05, 0) is 36.1 Å². The number of thiophene rings is 1.